The van der Waals surface area contributed by atoms with Crippen molar-refractivity contribution in [2.24, 2.45) is 4.99 Å². The number of fused-ring (bicyclic) bond motifs is 1. The van der Waals surface area contributed by atoms with Crippen molar-refractivity contribution in [2.45, 2.75) is 45.4 Å². The highest BCUT2D eigenvalue weighted by Gasteiger charge is 2.26. The highest BCUT2D eigenvalue weighted by molar-refractivity contribution is 7.16. The van der Waals surface area contributed by atoms with Crippen LogP contribution >= 0.6 is 11.3 Å². The van der Waals surface area contributed by atoms with Crippen molar-refractivity contribution < 1.29 is 14.5 Å². The van der Waals surface area contributed by atoms with E-state index >= 15 is 0 Å². The number of nitro benzene ring substituents is 1. The quantitative estimate of drug-likeness (QED) is 0.278. The smallest absolute Gasteiger partial charge is 0.341 e. The van der Waals surface area contributed by atoms with Gasteiger partial charge in [0.1, 0.15) is 5.00 Å². The number of esters is 1. The number of carbonyl (C=O) groups excluding carboxylic acids is 1. The first-order chi connectivity index (χ1) is 14.6. The fourth-order valence-electron chi connectivity index (χ4n) is 4.19. The van der Waals surface area contributed by atoms with Crippen LogP contribution in [0.3, 0.4) is 0 Å². The topological polar surface area (TPSA) is 85.0 Å². The zero-order chi connectivity index (χ0) is 21.1. The molecule has 1 fully saturated rings. The summed E-state index contributed by atoms with van der Waals surface area (Å²) in [5.74, 6) is -0.331. The Morgan fingerprint density at radius 3 is 2.77 bits per heavy atom. The molecule has 1 saturated heterocycles. The van der Waals surface area contributed by atoms with Crippen molar-refractivity contribution in [3.8, 4) is 0 Å². The monoisotopic (exact) mass is 427 g/mol. The molecular weight excluding hydrogens is 402 g/mol. The summed E-state index contributed by atoms with van der Waals surface area (Å²) in [6.07, 6.45) is 7.88. The fraction of sp³-hybridized carbons (Fsp3) is 0.455. The second kappa shape index (κ2) is 8.95. The minimum Gasteiger partial charge on any atom is -0.462 e. The number of hydrogen-bond acceptors (Lipinski definition) is 7. The van der Waals surface area contributed by atoms with E-state index in [0.29, 0.717) is 22.7 Å². The summed E-state index contributed by atoms with van der Waals surface area (Å²) < 4.78 is 5.30. The van der Waals surface area contributed by atoms with Gasteiger partial charge in [0.15, 0.2) is 0 Å². The number of anilines is 1. The SMILES string of the molecule is CCOC(=O)c1c(N=Cc2cc([N+](=O)[O-])ccc2N2CCCC2)sc2c1CCCC2. The number of carbonyl (C=O) groups is 1. The van der Waals surface area contributed by atoms with Gasteiger partial charge >= 0.3 is 5.97 Å². The number of hydrogen-bond donors (Lipinski definition) is 0. The first kappa shape index (κ1) is 20.5. The molecule has 2 aromatic rings. The van der Waals surface area contributed by atoms with E-state index < -0.39 is 0 Å². The maximum absolute atomic E-state index is 12.6. The molecule has 0 saturated carbocycles. The van der Waals surface area contributed by atoms with E-state index in [0.717, 1.165) is 62.9 Å². The minimum absolute atomic E-state index is 0.0375. The second-order valence-electron chi connectivity index (χ2n) is 7.56. The van der Waals surface area contributed by atoms with E-state index in [4.69, 9.17) is 4.74 Å². The van der Waals surface area contributed by atoms with Gasteiger partial charge in [-0.05, 0) is 57.1 Å². The maximum atomic E-state index is 12.6. The highest BCUT2D eigenvalue weighted by atomic mass is 32.1. The number of rotatable bonds is 6. The van der Waals surface area contributed by atoms with Gasteiger partial charge in [0.05, 0.1) is 17.1 Å². The molecule has 0 spiro atoms. The summed E-state index contributed by atoms with van der Waals surface area (Å²) in [7, 11) is 0. The number of benzene rings is 1. The summed E-state index contributed by atoms with van der Waals surface area (Å²) in [5.41, 5.74) is 3.32. The Balaban J connectivity index is 1.74. The lowest BCUT2D eigenvalue weighted by Crippen LogP contribution is -2.19. The van der Waals surface area contributed by atoms with Crippen LogP contribution in [0.2, 0.25) is 0 Å². The molecule has 2 aliphatic rings. The number of non-ortho nitro benzene ring substituents is 1. The average Bonchev–Trinajstić information content (AvgIpc) is 3.40. The minimum atomic E-state index is -0.390. The third-order valence-electron chi connectivity index (χ3n) is 5.62. The van der Waals surface area contributed by atoms with Gasteiger partial charge < -0.3 is 9.64 Å². The molecule has 8 heteroatoms. The number of thiophene rings is 1. The van der Waals surface area contributed by atoms with Gasteiger partial charge in [-0.25, -0.2) is 9.79 Å². The largest absolute Gasteiger partial charge is 0.462 e. The molecule has 1 aromatic heterocycles. The Kier molecular flexibility index (Phi) is 6.13. The molecule has 2 heterocycles. The molecule has 158 valence electrons. The van der Waals surface area contributed by atoms with Crippen molar-refractivity contribution in [2.75, 3.05) is 24.6 Å². The predicted molar refractivity (Wildman–Crippen MR) is 119 cm³/mol. The van der Waals surface area contributed by atoms with E-state index in [2.05, 4.69) is 9.89 Å². The zero-order valence-corrected chi connectivity index (χ0v) is 17.9. The van der Waals surface area contributed by atoms with Crippen molar-refractivity contribution >= 4 is 39.9 Å². The lowest BCUT2D eigenvalue weighted by Gasteiger charge is -2.19. The zero-order valence-electron chi connectivity index (χ0n) is 17.1. The molecule has 0 unspecified atom stereocenters. The number of nitrogens with zero attached hydrogens (tertiary/aromatic N) is 3. The van der Waals surface area contributed by atoms with Gasteiger partial charge in [-0.1, -0.05) is 0 Å². The second-order valence-corrected chi connectivity index (χ2v) is 8.65. The van der Waals surface area contributed by atoms with Gasteiger partial charge in [-0.3, -0.25) is 10.1 Å². The van der Waals surface area contributed by atoms with Crippen LogP contribution in [0.25, 0.3) is 0 Å². The van der Waals surface area contributed by atoms with Gasteiger partial charge in [0.25, 0.3) is 5.69 Å². The maximum Gasteiger partial charge on any atom is 0.341 e. The molecule has 30 heavy (non-hydrogen) atoms. The van der Waals surface area contributed by atoms with Crippen LogP contribution in [0.5, 0.6) is 0 Å². The Hall–Kier alpha value is -2.74. The Morgan fingerprint density at radius 1 is 1.27 bits per heavy atom. The van der Waals surface area contributed by atoms with E-state index in [1.807, 2.05) is 0 Å². The fourth-order valence-corrected chi connectivity index (χ4v) is 5.41. The Labute approximate surface area is 179 Å². The summed E-state index contributed by atoms with van der Waals surface area (Å²) in [6, 6.07) is 4.91. The van der Waals surface area contributed by atoms with E-state index in [1.165, 1.54) is 16.2 Å². The molecule has 0 radical (unpaired) electrons. The molecule has 0 amide bonds. The lowest BCUT2D eigenvalue weighted by atomic mass is 9.95. The van der Waals surface area contributed by atoms with Crippen LogP contribution in [-0.2, 0) is 17.6 Å². The van der Waals surface area contributed by atoms with Crippen molar-refractivity contribution in [3.05, 3.63) is 49.9 Å². The summed E-state index contributed by atoms with van der Waals surface area (Å²) in [4.78, 5) is 31.6. The summed E-state index contributed by atoms with van der Waals surface area (Å²) >= 11 is 1.54. The van der Waals surface area contributed by atoms with Crippen LogP contribution in [0.15, 0.2) is 23.2 Å². The number of aliphatic imine (C=N–C) groups is 1. The predicted octanol–water partition coefficient (Wildman–Crippen LogP) is 5.06. The van der Waals surface area contributed by atoms with E-state index in [-0.39, 0.29) is 16.6 Å². The van der Waals surface area contributed by atoms with Crippen LogP contribution in [-0.4, -0.2) is 36.8 Å². The molecule has 0 bridgehead atoms. The third-order valence-corrected chi connectivity index (χ3v) is 6.82. The average molecular weight is 428 g/mol. The van der Waals surface area contributed by atoms with Crippen molar-refractivity contribution in [1.29, 1.82) is 0 Å². The van der Waals surface area contributed by atoms with E-state index in [9.17, 15) is 14.9 Å². The molecule has 1 aromatic carbocycles. The molecule has 0 N–H and O–H groups in total. The van der Waals surface area contributed by atoms with Crippen LogP contribution < -0.4 is 4.90 Å². The molecule has 4 rings (SSSR count). The number of aryl methyl sites for hydroxylation is 1. The Morgan fingerprint density at radius 2 is 2.03 bits per heavy atom. The first-order valence-corrected chi connectivity index (χ1v) is 11.3. The highest BCUT2D eigenvalue weighted by Crippen LogP contribution is 2.40. The Bertz CT molecular complexity index is 993. The number of nitro groups is 1. The van der Waals surface area contributed by atoms with Crippen molar-refractivity contribution in [3.63, 3.8) is 0 Å². The summed E-state index contributed by atoms with van der Waals surface area (Å²) in [5, 5.41) is 11.9. The molecule has 1 aliphatic carbocycles. The van der Waals surface area contributed by atoms with Crippen LogP contribution in [0.4, 0.5) is 16.4 Å². The van der Waals surface area contributed by atoms with Gasteiger partial charge in [0, 0.05) is 47.6 Å². The normalized spacial score (nSPS) is 16.1. The summed E-state index contributed by atoms with van der Waals surface area (Å²) in [6.45, 7) is 3.97. The third kappa shape index (κ3) is 4.09. The van der Waals surface area contributed by atoms with Gasteiger partial charge in [-0.15, -0.1) is 11.3 Å². The van der Waals surface area contributed by atoms with Crippen LogP contribution in [0, 0.1) is 10.1 Å². The number of ether oxygens (including phenoxy) is 1. The van der Waals surface area contributed by atoms with E-state index in [1.54, 1.807) is 31.3 Å². The lowest BCUT2D eigenvalue weighted by molar-refractivity contribution is -0.384. The van der Waals surface area contributed by atoms with Gasteiger partial charge in [0.2, 0.25) is 0 Å². The molecule has 0 atom stereocenters. The van der Waals surface area contributed by atoms with Crippen molar-refractivity contribution in [1.82, 2.24) is 0 Å². The molecular formula is C22H25N3O4S. The van der Waals surface area contributed by atoms with Crippen LogP contribution in [0.1, 0.15) is 59.0 Å². The molecule has 7 nitrogen and oxygen atoms in total. The van der Waals surface area contributed by atoms with Gasteiger partial charge in [-0.2, -0.15) is 0 Å². The first-order valence-electron chi connectivity index (χ1n) is 10.5. The standard InChI is InChI=1S/C22H25N3O4S/c1-2-29-22(26)20-17-7-3-4-8-19(17)30-21(20)23-14-15-13-16(25(27)28)9-10-18(15)24-11-5-6-12-24/h9-10,13-14H,2-8,11-12H2,1H3. The molecule has 1 aliphatic heterocycles.